The summed E-state index contributed by atoms with van der Waals surface area (Å²) in [5.41, 5.74) is 13.4. The Balaban J connectivity index is 0.000000313. The molecule has 29 heavy (non-hydrogen) atoms. The Morgan fingerprint density at radius 1 is 0.621 bits per heavy atom. The van der Waals surface area contributed by atoms with E-state index in [1.807, 2.05) is 48.5 Å². The molecule has 3 aromatic rings. The largest absolute Gasteiger partial charge is 0.508 e. The summed E-state index contributed by atoms with van der Waals surface area (Å²) in [6.45, 7) is 1.45. The van der Waals surface area contributed by atoms with Crippen molar-refractivity contribution >= 4 is 34.9 Å². The third-order valence-corrected chi connectivity index (χ3v) is 5.77. The quantitative estimate of drug-likeness (QED) is 0.175. The van der Waals surface area contributed by atoms with Crippen molar-refractivity contribution in [2.24, 2.45) is 0 Å². The lowest BCUT2D eigenvalue weighted by Crippen LogP contribution is -2.02. The highest BCUT2D eigenvalue weighted by molar-refractivity contribution is 7.99. The summed E-state index contributed by atoms with van der Waals surface area (Å²) in [6, 6.07) is 21.5. The molecule has 3 aromatic carbocycles. The van der Waals surface area contributed by atoms with Gasteiger partial charge in [-0.25, -0.2) is 0 Å². The molecule has 0 aliphatic carbocycles. The predicted molar refractivity (Wildman–Crippen MR) is 124 cm³/mol. The van der Waals surface area contributed by atoms with Crippen molar-refractivity contribution in [3.05, 3.63) is 72.8 Å². The summed E-state index contributed by atoms with van der Waals surface area (Å²) < 4.78 is 5.63. The minimum atomic E-state index is 0.169. The number of nitrogens with two attached hydrogens (primary N) is 2. The van der Waals surface area contributed by atoms with Gasteiger partial charge in [-0.05, 0) is 48.5 Å². The van der Waals surface area contributed by atoms with Gasteiger partial charge in [-0.15, -0.1) is 23.5 Å². The fourth-order valence-electron chi connectivity index (χ4n) is 2.20. The van der Waals surface area contributed by atoms with Crippen LogP contribution >= 0.6 is 23.5 Å². The molecular formula is C22H26N2O3S2. The number of hydrogen-bond acceptors (Lipinski definition) is 7. The van der Waals surface area contributed by atoms with E-state index in [1.165, 1.54) is 24.3 Å². The van der Waals surface area contributed by atoms with Crippen LogP contribution in [0.15, 0.2) is 82.6 Å². The summed E-state index contributed by atoms with van der Waals surface area (Å²) in [7, 11) is 0. The Kier molecular flexibility index (Phi) is 10.1. The van der Waals surface area contributed by atoms with E-state index in [4.69, 9.17) is 26.4 Å². The molecule has 0 aliphatic rings. The van der Waals surface area contributed by atoms with Crippen molar-refractivity contribution < 1.29 is 14.9 Å². The van der Waals surface area contributed by atoms with Crippen LogP contribution in [0, 0.1) is 0 Å². The van der Waals surface area contributed by atoms with Crippen molar-refractivity contribution in [3.63, 3.8) is 0 Å². The molecule has 0 amide bonds. The third kappa shape index (κ3) is 9.04. The molecule has 7 heteroatoms. The van der Waals surface area contributed by atoms with Gasteiger partial charge in [-0.3, -0.25) is 0 Å². The molecule has 0 saturated heterocycles. The molecule has 0 heterocycles. The Labute approximate surface area is 180 Å². The number of thioether (sulfide) groups is 2. The SMILES string of the molecule is Nc1ccccc1SCCOCCSc1ccccc1N.Oc1ccc(O)cc1. The van der Waals surface area contributed by atoms with Crippen LogP contribution in [0.25, 0.3) is 0 Å². The van der Waals surface area contributed by atoms with Gasteiger partial charge in [0.2, 0.25) is 0 Å². The smallest absolute Gasteiger partial charge is 0.115 e. The van der Waals surface area contributed by atoms with Crippen LogP contribution in [0.3, 0.4) is 0 Å². The Hall–Kier alpha value is -2.48. The summed E-state index contributed by atoms with van der Waals surface area (Å²) in [5.74, 6) is 2.16. The molecular weight excluding hydrogens is 404 g/mol. The molecule has 0 spiro atoms. The average Bonchev–Trinajstić information content (AvgIpc) is 2.72. The minimum absolute atomic E-state index is 0.169. The van der Waals surface area contributed by atoms with Crippen LogP contribution < -0.4 is 11.5 Å². The molecule has 6 N–H and O–H groups in total. The number of phenolic OH excluding ortho intramolecular Hbond substituents is 2. The standard InChI is InChI=1S/C16H20N2OS2.C6H6O2/c17-13-5-1-3-7-15(13)20-11-9-19-10-12-21-16-8-4-2-6-14(16)18;7-5-1-2-6(8)4-3-5/h1-8H,9-12,17-18H2;1-4,7-8H. The van der Waals surface area contributed by atoms with Gasteiger partial charge < -0.3 is 26.4 Å². The Morgan fingerprint density at radius 2 is 1.00 bits per heavy atom. The van der Waals surface area contributed by atoms with E-state index < -0.39 is 0 Å². The van der Waals surface area contributed by atoms with Crippen molar-refractivity contribution in [3.8, 4) is 11.5 Å². The van der Waals surface area contributed by atoms with Crippen LogP contribution in [0.2, 0.25) is 0 Å². The Morgan fingerprint density at radius 3 is 1.38 bits per heavy atom. The zero-order chi connectivity index (χ0) is 20.9. The molecule has 0 aromatic heterocycles. The maximum atomic E-state index is 8.65. The lowest BCUT2D eigenvalue weighted by Gasteiger charge is -2.07. The number of nitrogen functional groups attached to an aromatic ring is 2. The first-order valence-corrected chi connectivity index (χ1v) is 11.0. The lowest BCUT2D eigenvalue weighted by molar-refractivity contribution is 0.167. The second kappa shape index (κ2) is 12.9. The van der Waals surface area contributed by atoms with E-state index in [1.54, 1.807) is 23.5 Å². The number of aromatic hydroxyl groups is 2. The summed E-state index contributed by atoms with van der Waals surface area (Å²) in [5, 5.41) is 17.3. The van der Waals surface area contributed by atoms with Crippen LogP contribution in [-0.2, 0) is 4.74 Å². The van der Waals surface area contributed by atoms with Crippen LogP contribution in [0.4, 0.5) is 11.4 Å². The van der Waals surface area contributed by atoms with E-state index in [0.717, 1.165) is 45.9 Å². The highest BCUT2D eigenvalue weighted by Crippen LogP contribution is 2.25. The number of benzene rings is 3. The van der Waals surface area contributed by atoms with E-state index in [9.17, 15) is 0 Å². The number of anilines is 2. The molecule has 5 nitrogen and oxygen atoms in total. The van der Waals surface area contributed by atoms with Crippen LogP contribution in [-0.4, -0.2) is 34.9 Å². The van der Waals surface area contributed by atoms with E-state index in [2.05, 4.69) is 0 Å². The van der Waals surface area contributed by atoms with Crippen LogP contribution in [0.5, 0.6) is 11.5 Å². The maximum Gasteiger partial charge on any atom is 0.115 e. The van der Waals surface area contributed by atoms with Gasteiger partial charge in [0.25, 0.3) is 0 Å². The van der Waals surface area contributed by atoms with Crippen molar-refractivity contribution in [2.45, 2.75) is 9.79 Å². The monoisotopic (exact) mass is 430 g/mol. The van der Waals surface area contributed by atoms with Crippen molar-refractivity contribution in [1.82, 2.24) is 0 Å². The molecule has 0 atom stereocenters. The fourth-order valence-corrected chi connectivity index (χ4v) is 3.86. The average molecular weight is 431 g/mol. The summed E-state index contributed by atoms with van der Waals surface area (Å²) >= 11 is 3.45. The molecule has 0 fully saturated rings. The van der Waals surface area contributed by atoms with Gasteiger partial charge in [-0.1, -0.05) is 24.3 Å². The molecule has 3 rings (SSSR count). The van der Waals surface area contributed by atoms with Gasteiger partial charge in [0, 0.05) is 32.7 Å². The summed E-state index contributed by atoms with van der Waals surface area (Å²) in [4.78, 5) is 2.24. The highest BCUT2D eigenvalue weighted by Gasteiger charge is 2.00. The van der Waals surface area contributed by atoms with Crippen molar-refractivity contribution in [1.29, 1.82) is 0 Å². The molecule has 0 radical (unpaired) electrons. The molecule has 0 aliphatic heterocycles. The number of ether oxygens (including phenoxy) is 1. The normalized spacial score (nSPS) is 10.2. The second-order valence-electron chi connectivity index (χ2n) is 5.90. The molecule has 0 bridgehead atoms. The number of rotatable bonds is 8. The molecule has 0 saturated carbocycles. The number of phenols is 2. The number of para-hydroxylation sites is 2. The predicted octanol–water partition coefficient (Wildman–Crippen LogP) is 4.85. The van der Waals surface area contributed by atoms with E-state index in [-0.39, 0.29) is 11.5 Å². The van der Waals surface area contributed by atoms with Crippen molar-refractivity contribution in [2.75, 3.05) is 36.2 Å². The van der Waals surface area contributed by atoms with Gasteiger partial charge in [-0.2, -0.15) is 0 Å². The first-order chi connectivity index (χ1) is 14.1. The number of hydrogen-bond donors (Lipinski definition) is 4. The second-order valence-corrected chi connectivity index (χ2v) is 8.17. The zero-order valence-corrected chi connectivity index (χ0v) is 17.7. The summed E-state index contributed by atoms with van der Waals surface area (Å²) in [6.07, 6.45) is 0. The lowest BCUT2D eigenvalue weighted by atomic mass is 10.3. The third-order valence-electron chi connectivity index (χ3n) is 3.66. The minimum Gasteiger partial charge on any atom is -0.508 e. The maximum absolute atomic E-state index is 8.65. The first kappa shape index (κ1) is 22.8. The van der Waals surface area contributed by atoms with Gasteiger partial charge >= 0.3 is 0 Å². The van der Waals surface area contributed by atoms with E-state index >= 15 is 0 Å². The highest BCUT2D eigenvalue weighted by atomic mass is 32.2. The first-order valence-electron chi connectivity index (χ1n) is 9.06. The van der Waals surface area contributed by atoms with Gasteiger partial charge in [0.1, 0.15) is 11.5 Å². The topological polar surface area (TPSA) is 102 Å². The fraction of sp³-hybridized carbons (Fsp3) is 0.182. The van der Waals surface area contributed by atoms with Crippen LogP contribution in [0.1, 0.15) is 0 Å². The van der Waals surface area contributed by atoms with Gasteiger partial charge in [0.15, 0.2) is 0 Å². The molecule has 154 valence electrons. The van der Waals surface area contributed by atoms with E-state index in [0.29, 0.717) is 0 Å². The Bertz CT molecular complexity index is 790. The zero-order valence-electron chi connectivity index (χ0n) is 16.0. The molecule has 0 unspecified atom stereocenters. The van der Waals surface area contributed by atoms with Gasteiger partial charge in [0.05, 0.1) is 13.2 Å².